The smallest absolute Gasteiger partial charge is 0.267 e. The maximum atomic E-state index is 13.0. The van der Waals surface area contributed by atoms with E-state index in [0.29, 0.717) is 22.3 Å². The number of nitrogens with one attached hydrogen (secondary N) is 1. The Balaban J connectivity index is 1.73. The molecule has 0 aliphatic rings. The van der Waals surface area contributed by atoms with Crippen molar-refractivity contribution in [2.24, 2.45) is 5.10 Å². The van der Waals surface area contributed by atoms with Gasteiger partial charge in [0.15, 0.2) is 5.65 Å². The standard InChI is InChI=1S/C22H23N7O/c1-5-28-19(11-12-23-28)15(3)25-26-22(30)18-13-14(2)24-21-20(18)16(4)27-29(21)17-9-7-6-8-10-17/h6-13H,5H2,1-4H3,(H,26,30)/b25-15-. The van der Waals surface area contributed by atoms with Crippen molar-refractivity contribution in [3.63, 3.8) is 0 Å². The first-order valence-corrected chi connectivity index (χ1v) is 9.78. The lowest BCUT2D eigenvalue weighted by Crippen LogP contribution is -2.21. The van der Waals surface area contributed by atoms with Crippen LogP contribution in [0.15, 0.2) is 53.8 Å². The van der Waals surface area contributed by atoms with Gasteiger partial charge >= 0.3 is 0 Å². The highest BCUT2D eigenvalue weighted by molar-refractivity contribution is 6.07. The zero-order valence-electron chi connectivity index (χ0n) is 17.4. The van der Waals surface area contributed by atoms with E-state index in [9.17, 15) is 4.79 Å². The molecule has 1 aromatic carbocycles. The van der Waals surface area contributed by atoms with Crippen LogP contribution in [0.2, 0.25) is 0 Å². The Labute approximate surface area is 174 Å². The van der Waals surface area contributed by atoms with Crippen molar-refractivity contribution >= 4 is 22.7 Å². The summed E-state index contributed by atoms with van der Waals surface area (Å²) in [4.78, 5) is 17.7. The molecule has 0 aliphatic carbocycles. The number of amides is 1. The molecule has 0 radical (unpaired) electrons. The third-order valence-corrected chi connectivity index (χ3v) is 4.90. The molecule has 3 aromatic heterocycles. The summed E-state index contributed by atoms with van der Waals surface area (Å²) in [6.45, 7) is 8.32. The van der Waals surface area contributed by atoms with Crippen LogP contribution in [0, 0.1) is 13.8 Å². The highest BCUT2D eigenvalue weighted by Crippen LogP contribution is 2.24. The third-order valence-electron chi connectivity index (χ3n) is 4.90. The number of hydrazone groups is 1. The van der Waals surface area contributed by atoms with E-state index >= 15 is 0 Å². The molecule has 0 fully saturated rings. The summed E-state index contributed by atoms with van der Waals surface area (Å²) < 4.78 is 3.59. The Morgan fingerprint density at radius 3 is 2.67 bits per heavy atom. The van der Waals surface area contributed by atoms with Crippen LogP contribution >= 0.6 is 0 Å². The van der Waals surface area contributed by atoms with Gasteiger partial charge in [0.2, 0.25) is 0 Å². The minimum absolute atomic E-state index is 0.303. The minimum Gasteiger partial charge on any atom is -0.267 e. The van der Waals surface area contributed by atoms with Gasteiger partial charge in [-0.3, -0.25) is 9.48 Å². The lowest BCUT2D eigenvalue weighted by Gasteiger charge is -2.07. The first-order chi connectivity index (χ1) is 14.5. The number of para-hydroxylation sites is 1. The largest absolute Gasteiger partial charge is 0.272 e. The van der Waals surface area contributed by atoms with E-state index in [1.54, 1.807) is 16.9 Å². The minimum atomic E-state index is -0.303. The molecule has 8 heteroatoms. The van der Waals surface area contributed by atoms with E-state index in [1.807, 2.05) is 68.8 Å². The molecular weight excluding hydrogens is 378 g/mol. The Morgan fingerprint density at radius 2 is 1.93 bits per heavy atom. The van der Waals surface area contributed by atoms with Gasteiger partial charge in [-0.05, 0) is 52.0 Å². The van der Waals surface area contributed by atoms with Gasteiger partial charge in [0, 0.05) is 18.4 Å². The molecule has 0 unspecified atom stereocenters. The molecule has 1 N–H and O–H groups in total. The van der Waals surface area contributed by atoms with E-state index in [-0.39, 0.29) is 5.91 Å². The van der Waals surface area contributed by atoms with Crippen LogP contribution in [0.25, 0.3) is 16.7 Å². The SMILES string of the molecule is CCn1nccc1/C(C)=N\NC(=O)c1cc(C)nc2c1c(C)nn2-c1ccccc1. The lowest BCUT2D eigenvalue weighted by molar-refractivity contribution is 0.0956. The van der Waals surface area contributed by atoms with Crippen LogP contribution in [0.5, 0.6) is 0 Å². The van der Waals surface area contributed by atoms with Crippen LogP contribution in [-0.4, -0.2) is 36.2 Å². The van der Waals surface area contributed by atoms with Crippen molar-refractivity contribution in [1.29, 1.82) is 0 Å². The fourth-order valence-electron chi connectivity index (χ4n) is 3.49. The predicted molar refractivity (Wildman–Crippen MR) is 116 cm³/mol. The number of fused-ring (bicyclic) bond motifs is 1. The number of carbonyl (C=O) groups excluding carboxylic acids is 1. The number of benzene rings is 1. The average Bonchev–Trinajstić information content (AvgIpc) is 3.36. The van der Waals surface area contributed by atoms with Crippen molar-refractivity contribution < 1.29 is 4.79 Å². The van der Waals surface area contributed by atoms with Gasteiger partial charge in [0.1, 0.15) is 0 Å². The molecule has 3 heterocycles. The van der Waals surface area contributed by atoms with Gasteiger partial charge in [0.25, 0.3) is 5.91 Å². The number of aryl methyl sites for hydroxylation is 3. The maximum Gasteiger partial charge on any atom is 0.272 e. The van der Waals surface area contributed by atoms with Crippen LogP contribution in [0.4, 0.5) is 0 Å². The summed E-state index contributed by atoms with van der Waals surface area (Å²) in [5.41, 5.74) is 7.72. The van der Waals surface area contributed by atoms with Gasteiger partial charge in [0.05, 0.1) is 33.7 Å². The molecule has 1 amide bonds. The van der Waals surface area contributed by atoms with E-state index < -0.39 is 0 Å². The Bertz CT molecular complexity index is 1250. The summed E-state index contributed by atoms with van der Waals surface area (Å²) in [7, 11) is 0. The Morgan fingerprint density at radius 1 is 1.17 bits per heavy atom. The van der Waals surface area contributed by atoms with Gasteiger partial charge in [-0.15, -0.1) is 0 Å². The molecule has 30 heavy (non-hydrogen) atoms. The molecule has 0 saturated heterocycles. The number of rotatable bonds is 5. The molecule has 0 bridgehead atoms. The molecule has 152 valence electrons. The van der Waals surface area contributed by atoms with E-state index in [4.69, 9.17) is 0 Å². The fourth-order valence-corrected chi connectivity index (χ4v) is 3.49. The predicted octanol–water partition coefficient (Wildman–Crippen LogP) is 3.41. The quantitative estimate of drug-likeness (QED) is 0.410. The van der Waals surface area contributed by atoms with E-state index in [0.717, 1.165) is 29.3 Å². The first kappa shape index (κ1) is 19.5. The zero-order valence-corrected chi connectivity index (χ0v) is 17.4. The second-order valence-electron chi connectivity index (χ2n) is 7.01. The number of aromatic nitrogens is 5. The molecule has 4 aromatic rings. The summed E-state index contributed by atoms with van der Waals surface area (Å²) in [6, 6.07) is 13.4. The maximum absolute atomic E-state index is 13.0. The molecule has 0 saturated carbocycles. The zero-order chi connectivity index (χ0) is 21.3. The molecule has 0 aliphatic heterocycles. The van der Waals surface area contributed by atoms with E-state index in [2.05, 4.69) is 25.7 Å². The number of pyridine rings is 1. The van der Waals surface area contributed by atoms with Crippen molar-refractivity contribution in [3.05, 3.63) is 71.3 Å². The topological polar surface area (TPSA) is 90.0 Å². The summed E-state index contributed by atoms with van der Waals surface area (Å²) in [5.74, 6) is -0.303. The van der Waals surface area contributed by atoms with Gasteiger partial charge in [-0.25, -0.2) is 15.1 Å². The second-order valence-corrected chi connectivity index (χ2v) is 7.01. The van der Waals surface area contributed by atoms with Crippen molar-refractivity contribution in [1.82, 2.24) is 30.0 Å². The normalized spacial score (nSPS) is 11.8. The van der Waals surface area contributed by atoms with Crippen LogP contribution in [0.1, 0.15) is 41.3 Å². The number of nitrogens with zero attached hydrogens (tertiary/aromatic N) is 6. The highest BCUT2D eigenvalue weighted by Gasteiger charge is 2.19. The third kappa shape index (κ3) is 3.47. The van der Waals surface area contributed by atoms with Crippen molar-refractivity contribution in [2.45, 2.75) is 34.2 Å². The summed E-state index contributed by atoms with van der Waals surface area (Å²) in [6.07, 6.45) is 1.72. The van der Waals surface area contributed by atoms with Crippen LogP contribution in [0.3, 0.4) is 0 Å². The number of hydrogen-bond acceptors (Lipinski definition) is 5. The van der Waals surface area contributed by atoms with E-state index in [1.165, 1.54) is 0 Å². The molecule has 4 rings (SSSR count). The van der Waals surface area contributed by atoms with Gasteiger partial charge in [-0.1, -0.05) is 18.2 Å². The van der Waals surface area contributed by atoms with Crippen molar-refractivity contribution in [2.75, 3.05) is 0 Å². The summed E-state index contributed by atoms with van der Waals surface area (Å²) >= 11 is 0. The second kappa shape index (κ2) is 7.90. The van der Waals surface area contributed by atoms with Crippen LogP contribution < -0.4 is 5.43 Å². The molecule has 0 spiro atoms. The van der Waals surface area contributed by atoms with Crippen molar-refractivity contribution in [3.8, 4) is 5.69 Å². The number of carbonyl (C=O) groups is 1. The Kier molecular flexibility index (Phi) is 5.14. The lowest BCUT2D eigenvalue weighted by atomic mass is 10.1. The summed E-state index contributed by atoms with van der Waals surface area (Å²) in [5, 5.41) is 13.9. The monoisotopic (exact) mass is 401 g/mol. The molecule has 0 atom stereocenters. The molecule has 8 nitrogen and oxygen atoms in total. The number of hydrogen-bond donors (Lipinski definition) is 1. The first-order valence-electron chi connectivity index (χ1n) is 9.78. The highest BCUT2D eigenvalue weighted by atomic mass is 16.2. The van der Waals surface area contributed by atoms with Gasteiger partial charge < -0.3 is 0 Å². The fraction of sp³-hybridized carbons (Fsp3) is 0.227. The molecular formula is C22H23N7O. The van der Waals surface area contributed by atoms with Crippen LogP contribution in [-0.2, 0) is 6.54 Å². The average molecular weight is 401 g/mol. The van der Waals surface area contributed by atoms with Gasteiger partial charge in [-0.2, -0.15) is 15.3 Å². The Hall–Kier alpha value is -3.81.